The Bertz CT molecular complexity index is 303. The number of likely N-dealkylation sites (N-methyl/N-ethyl adjacent to an activating group) is 1. The van der Waals surface area contributed by atoms with Crippen molar-refractivity contribution in [1.82, 2.24) is 10.2 Å². The van der Waals surface area contributed by atoms with Crippen molar-refractivity contribution in [3.05, 3.63) is 0 Å². The molecule has 1 rings (SSSR count). The molecule has 2 N–H and O–H groups in total. The van der Waals surface area contributed by atoms with E-state index < -0.39 is 12.0 Å². The number of likely N-dealkylation sites (tertiary alicyclic amines) is 1. The van der Waals surface area contributed by atoms with Gasteiger partial charge in [-0.25, -0.2) is 0 Å². The zero-order chi connectivity index (χ0) is 12.1. The Balaban J connectivity index is 2.31. The molecule has 0 saturated carbocycles. The summed E-state index contributed by atoms with van der Waals surface area (Å²) in [6.45, 7) is 2.58. The third-order valence-electron chi connectivity index (χ3n) is 2.52. The van der Waals surface area contributed by atoms with Crippen LogP contribution in [0.4, 0.5) is 0 Å². The molecule has 2 amide bonds. The van der Waals surface area contributed by atoms with Gasteiger partial charge in [0.15, 0.2) is 0 Å². The van der Waals surface area contributed by atoms with Crippen LogP contribution in [-0.2, 0) is 14.4 Å². The number of carbonyl (C=O) groups is 3. The maximum absolute atomic E-state index is 11.6. The summed E-state index contributed by atoms with van der Waals surface area (Å²) in [4.78, 5) is 34.4. The number of carboxylic acids is 1. The van der Waals surface area contributed by atoms with E-state index in [2.05, 4.69) is 5.32 Å². The fraction of sp³-hybridized carbons (Fsp3) is 0.700. The zero-order valence-corrected chi connectivity index (χ0v) is 9.23. The van der Waals surface area contributed by atoms with Gasteiger partial charge in [0, 0.05) is 13.0 Å². The van der Waals surface area contributed by atoms with E-state index in [1.54, 1.807) is 6.92 Å². The molecule has 1 aliphatic rings. The summed E-state index contributed by atoms with van der Waals surface area (Å²) in [6.07, 6.45) is 0.707. The predicted molar refractivity (Wildman–Crippen MR) is 55.7 cm³/mol. The van der Waals surface area contributed by atoms with Crippen LogP contribution in [0.3, 0.4) is 0 Å². The predicted octanol–water partition coefficient (Wildman–Crippen LogP) is -0.412. The van der Waals surface area contributed by atoms with Crippen molar-refractivity contribution < 1.29 is 19.5 Å². The van der Waals surface area contributed by atoms with Crippen molar-refractivity contribution in [2.45, 2.75) is 32.2 Å². The Morgan fingerprint density at radius 3 is 2.75 bits per heavy atom. The minimum absolute atomic E-state index is 0.0688. The number of rotatable bonds is 6. The highest BCUT2D eigenvalue weighted by Gasteiger charge is 2.36. The molecule has 1 saturated heterocycles. The Morgan fingerprint density at radius 2 is 2.25 bits per heavy atom. The number of hydrogen-bond donors (Lipinski definition) is 2. The minimum atomic E-state index is -0.856. The van der Waals surface area contributed by atoms with E-state index in [1.165, 1.54) is 4.90 Å². The standard InChI is InChI=1S/C10H16N2O4/c1-2-12-8(13)6-7(10(12)16)11-5-3-4-9(14)15/h7,11H,2-6H2,1H3,(H,14,15). The second-order valence-electron chi connectivity index (χ2n) is 3.68. The molecular formula is C10H16N2O4. The quantitative estimate of drug-likeness (QED) is 0.476. The van der Waals surface area contributed by atoms with Crippen molar-refractivity contribution >= 4 is 17.8 Å². The van der Waals surface area contributed by atoms with Gasteiger partial charge in [-0.15, -0.1) is 0 Å². The van der Waals surface area contributed by atoms with Gasteiger partial charge in [-0.05, 0) is 19.9 Å². The summed E-state index contributed by atoms with van der Waals surface area (Å²) in [5.74, 6) is -1.23. The molecule has 0 bridgehead atoms. The van der Waals surface area contributed by atoms with Crippen LogP contribution in [0, 0.1) is 0 Å². The van der Waals surface area contributed by atoms with Crippen LogP contribution in [0.15, 0.2) is 0 Å². The number of carboxylic acid groups (broad SMARTS) is 1. The number of nitrogens with zero attached hydrogens (tertiary/aromatic N) is 1. The molecule has 1 fully saturated rings. The van der Waals surface area contributed by atoms with Gasteiger partial charge in [0.05, 0.1) is 12.5 Å². The van der Waals surface area contributed by atoms with E-state index in [0.717, 1.165) is 0 Å². The first kappa shape index (κ1) is 12.6. The molecular weight excluding hydrogens is 212 g/mol. The van der Waals surface area contributed by atoms with E-state index in [1.807, 2.05) is 0 Å². The van der Waals surface area contributed by atoms with Gasteiger partial charge in [0.2, 0.25) is 11.8 Å². The second kappa shape index (κ2) is 5.60. The van der Waals surface area contributed by atoms with Crippen molar-refractivity contribution in [3.63, 3.8) is 0 Å². The summed E-state index contributed by atoms with van der Waals surface area (Å²) in [7, 11) is 0. The average Bonchev–Trinajstić information content (AvgIpc) is 2.48. The van der Waals surface area contributed by atoms with Gasteiger partial charge in [0.25, 0.3) is 0 Å². The number of amides is 2. The fourth-order valence-corrected chi connectivity index (χ4v) is 1.69. The highest BCUT2D eigenvalue weighted by Crippen LogP contribution is 2.12. The first-order chi connectivity index (χ1) is 7.56. The molecule has 6 heteroatoms. The molecule has 0 aromatic carbocycles. The third-order valence-corrected chi connectivity index (χ3v) is 2.52. The summed E-state index contributed by atoms with van der Waals surface area (Å²) in [5, 5.41) is 11.3. The van der Waals surface area contributed by atoms with Crippen LogP contribution in [0.25, 0.3) is 0 Å². The maximum Gasteiger partial charge on any atom is 0.303 e. The average molecular weight is 228 g/mol. The van der Waals surface area contributed by atoms with Crippen LogP contribution < -0.4 is 5.32 Å². The monoisotopic (exact) mass is 228 g/mol. The smallest absolute Gasteiger partial charge is 0.303 e. The van der Waals surface area contributed by atoms with Crippen molar-refractivity contribution in [2.24, 2.45) is 0 Å². The number of aliphatic carboxylic acids is 1. The van der Waals surface area contributed by atoms with E-state index in [0.29, 0.717) is 19.5 Å². The molecule has 0 spiro atoms. The number of imide groups is 1. The minimum Gasteiger partial charge on any atom is -0.481 e. The number of hydrogen-bond acceptors (Lipinski definition) is 4. The van der Waals surface area contributed by atoms with E-state index in [9.17, 15) is 14.4 Å². The van der Waals surface area contributed by atoms with Crippen LogP contribution in [0.1, 0.15) is 26.2 Å². The lowest BCUT2D eigenvalue weighted by atomic mass is 10.2. The van der Waals surface area contributed by atoms with Crippen LogP contribution in [0.5, 0.6) is 0 Å². The second-order valence-corrected chi connectivity index (χ2v) is 3.68. The third kappa shape index (κ3) is 3.03. The van der Waals surface area contributed by atoms with E-state index >= 15 is 0 Å². The fourth-order valence-electron chi connectivity index (χ4n) is 1.69. The van der Waals surface area contributed by atoms with E-state index in [-0.39, 0.29) is 24.7 Å². The molecule has 6 nitrogen and oxygen atoms in total. The van der Waals surface area contributed by atoms with Crippen molar-refractivity contribution in [1.29, 1.82) is 0 Å². The molecule has 16 heavy (non-hydrogen) atoms. The highest BCUT2D eigenvalue weighted by atomic mass is 16.4. The molecule has 0 aromatic rings. The summed E-state index contributed by atoms with van der Waals surface area (Å²) < 4.78 is 0. The molecule has 0 aliphatic carbocycles. The first-order valence-corrected chi connectivity index (χ1v) is 5.35. The SMILES string of the molecule is CCN1C(=O)CC(NCCCC(=O)O)C1=O. The summed E-state index contributed by atoms with van der Waals surface area (Å²) >= 11 is 0. The normalized spacial score (nSPS) is 20.6. The Morgan fingerprint density at radius 1 is 1.56 bits per heavy atom. The molecule has 90 valence electrons. The van der Waals surface area contributed by atoms with Crippen LogP contribution in [-0.4, -0.2) is 46.9 Å². The van der Waals surface area contributed by atoms with Gasteiger partial charge in [0.1, 0.15) is 0 Å². The zero-order valence-electron chi connectivity index (χ0n) is 9.23. The van der Waals surface area contributed by atoms with Gasteiger partial charge in [-0.3, -0.25) is 19.3 Å². The number of carbonyl (C=O) groups excluding carboxylic acids is 2. The lowest BCUT2D eigenvalue weighted by Gasteiger charge is -2.12. The molecule has 0 radical (unpaired) electrons. The van der Waals surface area contributed by atoms with Gasteiger partial charge in [-0.2, -0.15) is 0 Å². The van der Waals surface area contributed by atoms with Gasteiger partial charge < -0.3 is 10.4 Å². The summed E-state index contributed by atoms with van der Waals surface area (Å²) in [5.41, 5.74) is 0. The molecule has 1 atom stereocenters. The number of nitrogens with one attached hydrogen (secondary N) is 1. The Kier molecular flexibility index (Phi) is 4.42. The van der Waals surface area contributed by atoms with Gasteiger partial charge in [-0.1, -0.05) is 0 Å². The lowest BCUT2D eigenvalue weighted by Crippen LogP contribution is -2.39. The maximum atomic E-state index is 11.6. The Labute approximate surface area is 93.6 Å². The molecule has 1 unspecified atom stereocenters. The van der Waals surface area contributed by atoms with Crippen LogP contribution in [0.2, 0.25) is 0 Å². The summed E-state index contributed by atoms with van der Waals surface area (Å²) in [6, 6.07) is -0.471. The van der Waals surface area contributed by atoms with Gasteiger partial charge >= 0.3 is 5.97 Å². The van der Waals surface area contributed by atoms with E-state index in [4.69, 9.17) is 5.11 Å². The first-order valence-electron chi connectivity index (χ1n) is 5.35. The molecule has 1 heterocycles. The molecule has 0 aromatic heterocycles. The van der Waals surface area contributed by atoms with Crippen LogP contribution >= 0.6 is 0 Å². The highest BCUT2D eigenvalue weighted by molar-refractivity contribution is 6.05. The topological polar surface area (TPSA) is 86.7 Å². The largest absolute Gasteiger partial charge is 0.481 e. The lowest BCUT2D eigenvalue weighted by molar-refractivity contribution is -0.139. The molecule has 1 aliphatic heterocycles. The van der Waals surface area contributed by atoms with Crippen molar-refractivity contribution in [2.75, 3.05) is 13.1 Å². The Hall–Kier alpha value is -1.43. The van der Waals surface area contributed by atoms with Crippen molar-refractivity contribution in [3.8, 4) is 0 Å².